The lowest BCUT2D eigenvalue weighted by atomic mass is 9.99. The van der Waals surface area contributed by atoms with E-state index in [9.17, 15) is 4.79 Å². The Hall–Kier alpha value is -1.05. The van der Waals surface area contributed by atoms with Crippen LogP contribution in [-0.2, 0) is 4.79 Å². The standard InChI is InChI=1S/C9H12O2/c1-7-3-2-4-8(5-7)6-9(10)11/h4-5H,2-3,6H2,1H3,(H,10,11). The summed E-state index contributed by atoms with van der Waals surface area (Å²) in [5.41, 5.74) is 2.23. The van der Waals surface area contributed by atoms with Gasteiger partial charge in [-0.15, -0.1) is 0 Å². The van der Waals surface area contributed by atoms with E-state index in [-0.39, 0.29) is 6.42 Å². The van der Waals surface area contributed by atoms with Crippen LogP contribution in [0.1, 0.15) is 26.2 Å². The van der Waals surface area contributed by atoms with Gasteiger partial charge in [0.2, 0.25) is 0 Å². The summed E-state index contributed by atoms with van der Waals surface area (Å²) in [6.45, 7) is 2.04. The molecule has 0 heterocycles. The predicted molar refractivity (Wildman–Crippen MR) is 43.3 cm³/mol. The average molecular weight is 152 g/mol. The predicted octanol–water partition coefficient (Wildman–Crippen LogP) is 2.13. The minimum atomic E-state index is -0.748. The van der Waals surface area contributed by atoms with Gasteiger partial charge >= 0.3 is 5.97 Å². The SMILES string of the molecule is CC1=CC(CC(=O)O)=CCC1. The van der Waals surface area contributed by atoms with Gasteiger partial charge in [0.25, 0.3) is 0 Å². The first-order valence-corrected chi connectivity index (χ1v) is 3.76. The lowest BCUT2D eigenvalue weighted by Gasteiger charge is -2.07. The van der Waals surface area contributed by atoms with E-state index in [1.54, 1.807) is 0 Å². The Morgan fingerprint density at radius 3 is 3.00 bits per heavy atom. The number of aliphatic carboxylic acids is 1. The molecule has 11 heavy (non-hydrogen) atoms. The molecule has 0 spiro atoms. The quantitative estimate of drug-likeness (QED) is 0.658. The molecule has 0 saturated carbocycles. The number of carbonyl (C=O) groups is 1. The third-order valence-electron chi connectivity index (χ3n) is 1.73. The van der Waals surface area contributed by atoms with Crippen LogP contribution in [0, 0.1) is 0 Å². The Morgan fingerprint density at radius 2 is 2.45 bits per heavy atom. The molecule has 0 radical (unpaired) electrons. The molecule has 0 aromatic rings. The third kappa shape index (κ3) is 2.58. The van der Waals surface area contributed by atoms with Gasteiger partial charge in [-0.1, -0.05) is 17.7 Å². The zero-order chi connectivity index (χ0) is 8.27. The van der Waals surface area contributed by atoms with E-state index in [4.69, 9.17) is 5.11 Å². The van der Waals surface area contributed by atoms with Gasteiger partial charge in [-0.2, -0.15) is 0 Å². The summed E-state index contributed by atoms with van der Waals surface area (Å²) < 4.78 is 0. The topological polar surface area (TPSA) is 37.3 Å². The van der Waals surface area contributed by atoms with Crippen LogP contribution in [-0.4, -0.2) is 11.1 Å². The van der Waals surface area contributed by atoms with Crippen LogP contribution >= 0.6 is 0 Å². The summed E-state index contributed by atoms with van der Waals surface area (Å²) in [6.07, 6.45) is 6.20. The highest BCUT2D eigenvalue weighted by Crippen LogP contribution is 2.18. The van der Waals surface area contributed by atoms with E-state index < -0.39 is 5.97 Å². The fraction of sp³-hybridized carbons (Fsp3) is 0.444. The van der Waals surface area contributed by atoms with Crippen molar-refractivity contribution < 1.29 is 9.90 Å². The first-order chi connectivity index (χ1) is 5.18. The van der Waals surface area contributed by atoms with Gasteiger partial charge in [-0.25, -0.2) is 0 Å². The lowest BCUT2D eigenvalue weighted by Crippen LogP contribution is -1.98. The molecule has 1 aliphatic carbocycles. The van der Waals surface area contributed by atoms with Crippen molar-refractivity contribution in [2.45, 2.75) is 26.2 Å². The average Bonchev–Trinajstić information content (AvgIpc) is 1.85. The zero-order valence-electron chi connectivity index (χ0n) is 6.63. The summed E-state index contributed by atoms with van der Waals surface area (Å²) in [5, 5.41) is 8.48. The monoisotopic (exact) mass is 152 g/mol. The normalized spacial score (nSPS) is 17.2. The van der Waals surface area contributed by atoms with Crippen molar-refractivity contribution >= 4 is 5.97 Å². The molecule has 1 aliphatic rings. The molecule has 0 bridgehead atoms. The van der Waals surface area contributed by atoms with E-state index in [1.165, 1.54) is 5.57 Å². The Morgan fingerprint density at radius 1 is 1.73 bits per heavy atom. The van der Waals surface area contributed by atoms with Crippen LogP contribution in [0.3, 0.4) is 0 Å². The summed E-state index contributed by atoms with van der Waals surface area (Å²) in [6, 6.07) is 0. The van der Waals surface area contributed by atoms with Gasteiger partial charge in [0, 0.05) is 0 Å². The molecule has 2 heteroatoms. The second-order valence-corrected chi connectivity index (χ2v) is 2.88. The zero-order valence-corrected chi connectivity index (χ0v) is 6.63. The summed E-state index contributed by atoms with van der Waals surface area (Å²) in [4.78, 5) is 10.3. The molecular formula is C9H12O2. The highest BCUT2D eigenvalue weighted by Gasteiger charge is 2.04. The molecule has 0 aliphatic heterocycles. The molecule has 0 atom stereocenters. The summed E-state index contributed by atoms with van der Waals surface area (Å²) in [7, 11) is 0. The largest absolute Gasteiger partial charge is 0.481 e. The van der Waals surface area contributed by atoms with Gasteiger partial charge in [-0.05, 0) is 25.3 Å². The van der Waals surface area contributed by atoms with E-state index in [1.807, 2.05) is 19.1 Å². The number of allylic oxidation sites excluding steroid dienone is 3. The molecule has 0 fully saturated rings. The number of carboxylic acids is 1. The Bertz CT molecular complexity index is 224. The van der Waals surface area contributed by atoms with Crippen molar-refractivity contribution in [1.82, 2.24) is 0 Å². The van der Waals surface area contributed by atoms with Crippen LogP contribution in [0.15, 0.2) is 23.3 Å². The smallest absolute Gasteiger partial charge is 0.307 e. The van der Waals surface area contributed by atoms with E-state index in [0.717, 1.165) is 18.4 Å². The second kappa shape index (κ2) is 3.37. The Balaban J connectivity index is 2.59. The van der Waals surface area contributed by atoms with Crippen molar-refractivity contribution in [2.75, 3.05) is 0 Å². The van der Waals surface area contributed by atoms with Crippen LogP contribution < -0.4 is 0 Å². The summed E-state index contributed by atoms with van der Waals surface area (Å²) in [5.74, 6) is -0.748. The van der Waals surface area contributed by atoms with Crippen LogP contribution in [0.25, 0.3) is 0 Å². The maximum atomic E-state index is 10.3. The van der Waals surface area contributed by atoms with Crippen molar-refractivity contribution in [3.63, 3.8) is 0 Å². The third-order valence-corrected chi connectivity index (χ3v) is 1.73. The van der Waals surface area contributed by atoms with Gasteiger partial charge in [0.05, 0.1) is 6.42 Å². The number of carboxylic acid groups (broad SMARTS) is 1. The Kier molecular flexibility index (Phi) is 2.47. The van der Waals surface area contributed by atoms with Crippen molar-refractivity contribution in [1.29, 1.82) is 0 Å². The van der Waals surface area contributed by atoms with Gasteiger partial charge in [0.1, 0.15) is 0 Å². The molecule has 0 unspecified atom stereocenters. The number of rotatable bonds is 2. The molecule has 2 nitrogen and oxygen atoms in total. The lowest BCUT2D eigenvalue weighted by molar-refractivity contribution is -0.136. The highest BCUT2D eigenvalue weighted by atomic mass is 16.4. The van der Waals surface area contributed by atoms with Crippen molar-refractivity contribution in [3.05, 3.63) is 23.3 Å². The minimum Gasteiger partial charge on any atom is -0.481 e. The van der Waals surface area contributed by atoms with Crippen molar-refractivity contribution in [3.8, 4) is 0 Å². The number of hydrogen-bond acceptors (Lipinski definition) is 1. The highest BCUT2D eigenvalue weighted by molar-refractivity contribution is 5.71. The molecule has 0 aromatic carbocycles. The van der Waals surface area contributed by atoms with Crippen LogP contribution in [0.2, 0.25) is 0 Å². The van der Waals surface area contributed by atoms with E-state index in [0.29, 0.717) is 0 Å². The van der Waals surface area contributed by atoms with Gasteiger partial charge < -0.3 is 5.11 Å². The first-order valence-electron chi connectivity index (χ1n) is 3.76. The molecular weight excluding hydrogens is 140 g/mol. The second-order valence-electron chi connectivity index (χ2n) is 2.88. The van der Waals surface area contributed by atoms with Gasteiger partial charge in [0.15, 0.2) is 0 Å². The fourth-order valence-electron chi connectivity index (χ4n) is 1.23. The van der Waals surface area contributed by atoms with E-state index >= 15 is 0 Å². The Labute approximate surface area is 66.2 Å². The fourth-order valence-corrected chi connectivity index (χ4v) is 1.23. The molecule has 0 amide bonds. The van der Waals surface area contributed by atoms with Gasteiger partial charge in [-0.3, -0.25) is 4.79 Å². The maximum absolute atomic E-state index is 10.3. The summed E-state index contributed by atoms with van der Waals surface area (Å²) >= 11 is 0. The molecule has 60 valence electrons. The van der Waals surface area contributed by atoms with Crippen molar-refractivity contribution in [2.24, 2.45) is 0 Å². The number of hydrogen-bond donors (Lipinski definition) is 1. The van der Waals surface area contributed by atoms with Crippen LogP contribution in [0.4, 0.5) is 0 Å². The molecule has 1 rings (SSSR count). The van der Waals surface area contributed by atoms with E-state index in [2.05, 4.69) is 0 Å². The molecule has 0 saturated heterocycles. The molecule has 1 N–H and O–H groups in total. The maximum Gasteiger partial charge on any atom is 0.307 e. The van der Waals surface area contributed by atoms with Crippen LogP contribution in [0.5, 0.6) is 0 Å². The molecule has 0 aromatic heterocycles. The first kappa shape index (κ1) is 8.05. The minimum absolute atomic E-state index is 0.164.